The molecule has 1 rings (SSSR count). The molecule has 1 aromatic rings. The molecule has 0 aliphatic rings. The number of thiocarbonyl (C=S) groups is 1. The summed E-state index contributed by atoms with van der Waals surface area (Å²) in [6.07, 6.45) is 1.99. The van der Waals surface area contributed by atoms with E-state index in [1.54, 1.807) is 32.3 Å². The van der Waals surface area contributed by atoms with Crippen LogP contribution in [0.5, 0.6) is 0 Å². The number of nitrogens with zero attached hydrogens (tertiary/aromatic N) is 1. The third-order valence-corrected chi connectivity index (χ3v) is 6.09. The zero-order chi connectivity index (χ0) is 14.0. The highest BCUT2D eigenvalue weighted by atomic mass is 32.2. The summed E-state index contributed by atoms with van der Waals surface area (Å²) in [5, 5.41) is 1.64. The fraction of sp³-hybridized carbons (Fsp3) is 0.600. The highest BCUT2D eigenvalue weighted by Gasteiger charge is 2.34. The fourth-order valence-corrected chi connectivity index (χ4v) is 4.60. The predicted molar refractivity (Wildman–Crippen MR) is 78.1 cm³/mol. The van der Waals surface area contributed by atoms with E-state index in [2.05, 4.69) is 9.71 Å². The molecule has 1 aromatic heterocycles. The molecule has 3 N–H and O–H groups in total. The van der Waals surface area contributed by atoms with Crippen molar-refractivity contribution in [3.8, 4) is 0 Å². The fourth-order valence-electron chi connectivity index (χ4n) is 1.58. The molecule has 0 fully saturated rings. The largest absolute Gasteiger partial charge is 0.392 e. The normalized spacial score (nSPS) is 14.4. The van der Waals surface area contributed by atoms with Crippen molar-refractivity contribution >= 4 is 38.6 Å². The van der Waals surface area contributed by atoms with Crippen LogP contribution < -0.4 is 10.5 Å². The zero-order valence-corrected chi connectivity index (χ0v) is 13.0. The summed E-state index contributed by atoms with van der Waals surface area (Å²) in [6, 6.07) is 0. The Hall–Kier alpha value is -0.570. The van der Waals surface area contributed by atoms with Crippen molar-refractivity contribution in [2.75, 3.05) is 0 Å². The molecule has 8 heteroatoms. The first kappa shape index (κ1) is 15.5. The Balaban J connectivity index is 2.99. The van der Waals surface area contributed by atoms with Gasteiger partial charge in [0.05, 0.1) is 10.5 Å². The Morgan fingerprint density at radius 1 is 1.67 bits per heavy atom. The number of hydrogen-bond donors (Lipinski definition) is 2. The van der Waals surface area contributed by atoms with Crippen molar-refractivity contribution in [3.63, 3.8) is 0 Å². The van der Waals surface area contributed by atoms with E-state index in [9.17, 15) is 8.42 Å². The molecule has 0 amide bonds. The molecule has 102 valence electrons. The van der Waals surface area contributed by atoms with Crippen LogP contribution in [0.3, 0.4) is 0 Å². The first-order valence-electron chi connectivity index (χ1n) is 5.42. The lowest BCUT2D eigenvalue weighted by molar-refractivity contribution is 0.467. The van der Waals surface area contributed by atoms with Gasteiger partial charge in [0.2, 0.25) is 10.0 Å². The van der Waals surface area contributed by atoms with E-state index in [0.29, 0.717) is 11.4 Å². The molecule has 0 aromatic carbocycles. The minimum atomic E-state index is -3.60. The van der Waals surface area contributed by atoms with Crippen LogP contribution in [-0.2, 0) is 15.6 Å². The third kappa shape index (κ3) is 3.47. The number of aromatic nitrogens is 1. The second-order valence-corrected chi connectivity index (χ2v) is 7.64. The molecule has 1 heterocycles. The standard InChI is InChI=1S/C10H17N3O2S3/c1-4-7(8(11)16)18(14,15)13-10(2,3)9-12-5-6-17-9/h5-7,13H,4H2,1-3H3,(H2,11,16). The molecule has 1 unspecified atom stereocenters. The molecular weight excluding hydrogens is 290 g/mol. The topological polar surface area (TPSA) is 85.1 Å². The van der Waals surface area contributed by atoms with Gasteiger partial charge in [-0.2, -0.15) is 0 Å². The van der Waals surface area contributed by atoms with Gasteiger partial charge in [0, 0.05) is 11.6 Å². The smallest absolute Gasteiger partial charge is 0.221 e. The Bertz CT molecular complexity index is 508. The molecule has 0 saturated heterocycles. The molecule has 0 bridgehead atoms. The van der Waals surface area contributed by atoms with Crippen molar-refractivity contribution < 1.29 is 8.42 Å². The van der Waals surface area contributed by atoms with Crippen molar-refractivity contribution in [2.45, 2.75) is 38.0 Å². The van der Waals surface area contributed by atoms with E-state index in [1.165, 1.54) is 11.3 Å². The highest BCUT2D eigenvalue weighted by molar-refractivity contribution is 7.93. The van der Waals surface area contributed by atoms with Crippen molar-refractivity contribution in [1.82, 2.24) is 9.71 Å². The van der Waals surface area contributed by atoms with Crippen LogP contribution in [-0.4, -0.2) is 23.6 Å². The van der Waals surface area contributed by atoms with E-state index in [-0.39, 0.29) is 4.99 Å². The molecule has 0 aliphatic heterocycles. The maximum absolute atomic E-state index is 12.2. The number of nitrogens with two attached hydrogens (primary N) is 1. The van der Waals surface area contributed by atoms with Crippen LogP contribution >= 0.6 is 23.6 Å². The van der Waals surface area contributed by atoms with Gasteiger partial charge in [-0.05, 0) is 20.3 Å². The Morgan fingerprint density at radius 2 is 2.28 bits per heavy atom. The Kier molecular flexibility index (Phi) is 4.82. The summed E-state index contributed by atoms with van der Waals surface area (Å²) >= 11 is 6.20. The zero-order valence-electron chi connectivity index (χ0n) is 10.5. The number of thiazole rings is 1. The van der Waals surface area contributed by atoms with E-state index in [0.717, 1.165) is 0 Å². The second kappa shape index (κ2) is 5.60. The molecular formula is C10H17N3O2S3. The number of rotatable bonds is 6. The molecule has 0 spiro atoms. The first-order valence-corrected chi connectivity index (χ1v) is 8.26. The van der Waals surface area contributed by atoms with E-state index >= 15 is 0 Å². The second-order valence-electron chi connectivity index (χ2n) is 4.41. The van der Waals surface area contributed by atoms with Crippen LogP contribution in [0.2, 0.25) is 0 Å². The molecule has 0 saturated carbocycles. The number of nitrogens with one attached hydrogen (secondary N) is 1. The summed E-state index contributed by atoms with van der Waals surface area (Å²) in [5.41, 5.74) is 4.70. The van der Waals surface area contributed by atoms with Crippen molar-refractivity contribution in [1.29, 1.82) is 0 Å². The quantitative estimate of drug-likeness (QED) is 0.775. The predicted octanol–water partition coefficient (Wildman–Crippen LogP) is 1.36. The van der Waals surface area contributed by atoms with Gasteiger partial charge in [-0.15, -0.1) is 11.3 Å². The minimum Gasteiger partial charge on any atom is -0.392 e. The SMILES string of the molecule is CCC(C(N)=S)S(=O)(=O)NC(C)(C)c1nccs1. The lowest BCUT2D eigenvalue weighted by Gasteiger charge is -2.26. The first-order chi connectivity index (χ1) is 8.20. The number of sulfonamides is 1. The van der Waals surface area contributed by atoms with Crippen LogP contribution in [0.25, 0.3) is 0 Å². The summed E-state index contributed by atoms with van der Waals surface area (Å²) in [4.78, 5) is 4.12. The summed E-state index contributed by atoms with van der Waals surface area (Å²) in [7, 11) is -3.60. The average molecular weight is 307 g/mol. The lowest BCUT2D eigenvalue weighted by Crippen LogP contribution is -2.48. The summed E-state index contributed by atoms with van der Waals surface area (Å²) in [5.74, 6) is 0. The van der Waals surface area contributed by atoms with Gasteiger partial charge >= 0.3 is 0 Å². The Labute approximate surface area is 117 Å². The van der Waals surface area contributed by atoms with E-state index < -0.39 is 20.8 Å². The van der Waals surface area contributed by atoms with Gasteiger partial charge in [0.15, 0.2) is 0 Å². The monoisotopic (exact) mass is 307 g/mol. The Morgan fingerprint density at radius 3 is 2.67 bits per heavy atom. The van der Waals surface area contributed by atoms with Gasteiger partial charge in [-0.25, -0.2) is 18.1 Å². The van der Waals surface area contributed by atoms with Crippen LogP contribution in [0.15, 0.2) is 11.6 Å². The molecule has 0 radical (unpaired) electrons. The van der Waals surface area contributed by atoms with Crippen LogP contribution in [0.1, 0.15) is 32.2 Å². The van der Waals surface area contributed by atoms with Gasteiger partial charge in [0.25, 0.3) is 0 Å². The van der Waals surface area contributed by atoms with Gasteiger partial charge in [0.1, 0.15) is 10.3 Å². The third-order valence-electron chi connectivity index (χ3n) is 2.43. The number of hydrogen-bond acceptors (Lipinski definition) is 5. The van der Waals surface area contributed by atoms with Crippen LogP contribution in [0.4, 0.5) is 0 Å². The highest BCUT2D eigenvalue weighted by Crippen LogP contribution is 2.24. The van der Waals surface area contributed by atoms with Gasteiger partial charge < -0.3 is 5.73 Å². The molecule has 18 heavy (non-hydrogen) atoms. The van der Waals surface area contributed by atoms with Gasteiger partial charge in [-0.1, -0.05) is 19.1 Å². The summed E-state index contributed by atoms with van der Waals surface area (Å²) in [6.45, 7) is 5.25. The van der Waals surface area contributed by atoms with Gasteiger partial charge in [-0.3, -0.25) is 0 Å². The maximum Gasteiger partial charge on any atom is 0.221 e. The lowest BCUT2D eigenvalue weighted by atomic mass is 10.1. The molecule has 5 nitrogen and oxygen atoms in total. The minimum absolute atomic E-state index is 0.0139. The summed E-state index contributed by atoms with van der Waals surface area (Å²) < 4.78 is 27.0. The van der Waals surface area contributed by atoms with E-state index in [1.807, 2.05) is 0 Å². The van der Waals surface area contributed by atoms with Crippen molar-refractivity contribution in [2.24, 2.45) is 5.73 Å². The average Bonchev–Trinajstić information content (AvgIpc) is 2.67. The van der Waals surface area contributed by atoms with Crippen LogP contribution in [0, 0.1) is 0 Å². The maximum atomic E-state index is 12.2. The molecule has 1 atom stereocenters. The molecule has 0 aliphatic carbocycles. The van der Waals surface area contributed by atoms with Crippen molar-refractivity contribution in [3.05, 3.63) is 16.6 Å². The van der Waals surface area contributed by atoms with E-state index in [4.69, 9.17) is 18.0 Å².